The van der Waals surface area contributed by atoms with Crippen molar-refractivity contribution in [2.75, 3.05) is 12.8 Å². The maximum Gasteiger partial charge on any atom is 0.214 e. The minimum absolute atomic E-state index is 0.0752. The van der Waals surface area contributed by atoms with Gasteiger partial charge in [-0.15, -0.1) is 11.3 Å². The fourth-order valence-corrected chi connectivity index (χ4v) is 4.04. The number of hydrogen-bond donors (Lipinski definition) is 0. The molecule has 7 heteroatoms. The van der Waals surface area contributed by atoms with Crippen molar-refractivity contribution in [2.45, 2.75) is 13.0 Å². The van der Waals surface area contributed by atoms with Gasteiger partial charge in [0, 0.05) is 31.9 Å². The standard InChI is InChI=1S/C13H15BrN2O2S2/c1-16(9-11-8-13(14)19-10-11)20(17,18)7-5-12-4-2-3-6-15-12/h2-4,6,8,10H,5,7,9H2,1H3. The number of rotatable bonds is 6. The lowest BCUT2D eigenvalue weighted by molar-refractivity contribution is 0.466. The van der Waals surface area contributed by atoms with Crippen LogP contribution in [-0.4, -0.2) is 30.5 Å². The van der Waals surface area contributed by atoms with Gasteiger partial charge in [0.1, 0.15) is 0 Å². The van der Waals surface area contributed by atoms with Gasteiger partial charge in [-0.25, -0.2) is 12.7 Å². The second-order valence-electron chi connectivity index (χ2n) is 4.40. The molecule has 0 amide bonds. The van der Waals surface area contributed by atoms with Crippen LogP contribution in [0.25, 0.3) is 0 Å². The first kappa shape index (κ1) is 15.6. The van der Waals surface area contributed by atoms with Crippen LogP contribution in [-0.2, 0) is 23.0 Å². The third kappa shape index (κ3) is 4.37. The van der Waals surface area contributed by atoms with Crippen LogP contribution in [0, 0.1) is 0 Å². The Morgan fingerprint density at radius 2 is 2.20 bits per heavy atom. The zero-order chi connectivity index (χ0) is 14.6. The summed E-state index contributed by atoms with van der Waals surface area (Å²) >= 11 is 4.93. The Hall–Kier alpha value is -0.760. The highest BCUT2D eigenvalue weighted by Gasteiger charge is 2.18. The lowest BCUT2D eigenvalue weighted by Crippen LogP contribution is -2.29. The van der Waals surface area contributed by atoms with Crippen molar-refractivity contribution in [3.63, 3.8) is 0 Å². The van der Waals surface area contributed by atoms with Gasteiger partial charge < -0.3 is 0 Å². The summed E-state index contributed by atoms with van der Waals surface area (Å²) in [5.74, 6) is 0.0752. The molecule has 0 fully saturated rings. The molecule has 4 nitrogen and oxygen atoms in total. The Kier molecular flexibility index (Phi) is 5.31. The summed E-state index contributed by atoms with van der Waals surface area (Å²) in [5.41, 5.74) is 1.79. The van der Waals surface area contributed by atoms with Crippen LogP contribution in [0.1, 0.15) is 11.3 Å². The summed E-state index contributed by atoms with van der Waals surface area (Å²) in [6.45, 7) is 0.395. The molecule has 0 aliphatic rings. The van der Waals surface area contributed by atoms with E-state index in [1.54, 1.807) is 24.6 Å². The molecule has 0 aliphatic heterocycles. The molecule has 0 unspecified atom stereocenters. The fraction of sp³-hybridized carbons (Fsp3) is 0.308. The van der Waals surface area contributed by atoms with E-state index in [4.69, 9.17) is 0 Å². The van der Waals surface area contributed by atoms with Gasteiger partial charge in [-0.2, -0.15) is 0 Å². The van der Waals surface area contributed by atoms with Crippen LogP contribution in [0.3, 0.4) is 0 Å². The molecule has 0 bridgehead atoms. The van der Waals surface area contributed by atoms with Crippen molar-refractivity contribution < 1.29 is 8.42 Å². The summed E-state index contributed by atoms with van der Waals surface area (Å²) < 4.78 is 26.8. The van der Waals surface area contributed by atoms with Crippen LogP contribution >= 0.6 is 27.3 Å². The van der Waals surface area contributed by atoms with E-state index in [1.165, 1.54) is 4.31 Å². The highest BCUT2D eigenvalue weighted by Crippen LogP contribution is 2.22. The van der Waals surface area contributed by atoms with E-state index in [0.717, 1.165) is 15.0 Å². The smallest absolute Gasteiger partial charge is 0.214 e. The zero-order valence-electron chi connectivity index (χ0n) is 11.0. The second kappa shape index (κ2) is 6.80. The molecule has 0 saturated heterocycles. The first-order valence-corrected chi connectivity index (χ1v) is 9.32. The van der Waals surface area contributed by atoms with Crippen molar-refractivity contribution in [3.05, 3.63) is 50.9 Å². The molecule has 0 N–H and O–H groups in total. The molecule has 0 aromatic carbocycles. The summed E-state index contributed by atoms with van der Waals surface area (Å²) in [7, 11) is -1.65. The molecule has 2 aromatic heterocycles. The molecule has 108 valence electrons. The third-order valence-corrected chi connectivity index (χ3v) is 6.20. The number of aryl methyl sites for hydroxylation is 1. The summed E-state index contributed by atoms with van der Waals surface area (Å²) in [4.78, 5) is 4.14. The van der Waals surface area contributed by atoms with Crippen LogP contribution in [0.4, 0.5) is 0 Å². The third-order valence-electron chi connectivity index (χ3n) is 2.84. The van der Waals surface area contributed by atoms with Crippen molar-refractivity contribution >= 4 is 37.3 Å². The number of pyridine rings is 1. The number of hydrogen-bond acceptors (Lipinski definition) is 4. The molecule has 2 heterocycles. The van der Waals surface area contributed by atoms with Crippen LogP contribution in [0.5, 0.6) is 0 Å². The van der Waals surface area contributed by atoms with E-state index in [9.17, 15) is 8.42 Å². The summed E-state index contributed by atoms with van der Waals surface area (Å²) in [5, 5.41) is 1.95. The van der Waals surface area contributed by atoms with Crippen LogP contribution < -0.4 is 0 Å². The van der Waals surface area contributed by atoms with Gasteiger partial charge in [0.2, 0.25) is 10.0 Å². The predicted molar refractivity (Wildman–Crippen MR) is 85.2 cm³/mol. The number of aromatic nitrogens is 1. The predicted octanol–water partition coefficient (Wildman–Crippen LogP) is 2.91. The van der Waals surface area contributed by atoms with Gasteiger partial charge >= 0.3 is 0 Å². The Bertz CT molecular complexity index is 656. The fourth-order valence-electron chi connectivity index (χ4n) is 1.72. The number of nitrogens with zero attached hydrogens (tertiary/aromatic N) is 2. The number of thiophene rings is 1. The normalized spacial score (nSPS) is 11.9. The largest absolute Gasteiger partial charge is 0.261 e. The van der Waals surface area contributed by atoms with Gasteiger partial charge in [-0.1, -0.05) is 6.07 Å². The van der Waals surface area contributed by atoms with Gasteiger partial charge in [0.05, 0.1) is 9.54 Å². The molecule has 2 aromatic rings. The Morgan fingerprint density at radius 3 is 2.80 bits per heavy atom. The Labute approximate surface area is 131 Å². The average molecular weight is 375 g/mol. The van der Waals surface area contributed by atoms with E-state index in [-0.39, 0.29) is 5.75 Å². The minimum atomic E-state index is -3.26. The highest BCUT2D eigenvalue weighted by molar-refractivity contribution is 9.11. The maximum absolute atomic E-state index is 12.2. The molecule has 0 radical (unpaired) electrons. The second-order valence-corrected chi connectivity index (χ2v) is 8.89. The number of sulfonamides is 1. The monoisotopic (exact) mass is 374 g/mol. The first-order valence-electron chi connectivity index (χ1n) is 6.04. The quantitative estimate of drug-likeness (QED) is 0.780. The molecule has 0 spiro atoms. The lowest BCUT2D eigenvalue weighted by atomic mass is 10.3. The van der Waals surface area contributed by atoms with Gasteiger partial charge in [-0.3, -0.25) is 4.98 Å². The first-order chi connectivity index (χ1) is 9.47. The molecule has 0 atom stereocenters. The van der Waals surface area contributed by atoms with Crippen molar-refractivity contribution in [2.24, 2.45) is 0 Å². The van der Waals surface area contributed by atoms with E-state index in [0.29, 0.717) is 13.0 Å². The maximum atomic E-state index is 12.2. The van der Waals surface area contributed by atoms with Crippen LogP contribution in [0.2, 0.25) is 0 Å². The molecule has 0 aliphatic carbocycles. The molecule has 0 saturated carbocycles. The van der Waals surface area contributed by atoms with E-state index < -0.39 is 10.0 Å². The molecular formula is C13H15BrN2O2S2. The molecule has 2 rings (SSSR count). The van der Waals surface area contributed by atoms with Gasteiger partial charge in [0.15, 0.2) is 0 Å². The van der Waals surface area contributed by atoms with Crippen molar-refractivity contribution in [1.82, 2.24) is 9.29 Å². The molecular weight excluding hydrogens is 360 g/mol. The zero-order valence-corrected chi connectivity index (χ0v) is 14.2. The van der Waals surface area contributed by atoms with Crippen LogP contribution in [0.15, 0.2) is 39.6 Å². The van der Waals surface area contributed by atoms with E-state index >= 15 is 0 Å². The Balaban J connectivity index is 1.95. The number of halogens is 1. The SMILES string of the molecule is CN(Cc1csc(Br)c1)S(=O)(=O)CCc1ccccn1. The van der Waals surface area contributed by atoms with Gasteiger partial charge in [-0.05, 0) is 45.1 Å². The summed E-state index contributed by atoms with van der Waals surface area (Å²) in [6.07, 6.45) is 2.11. The van der Waals surface area contributed by atoms with Crippen molar-refractivity contribution in [3.8, 4) is 0 Å². The summed E-state index contributed by atoms with van der Waals surface area (Å²) in [6, 6.07) is 7.46. The lowest BCUT2D eigenvalue weighted by Gasteiger charge is -2.16. The molecule has 20 heavy (non-hydrogen) atoms. The minimum Gasteiger partial charge on any atom is -0.261 e. The van der Waals surface area contributed by atoms with Gasteiger partial charge in [0.25, 0.3) is 0 Å². The highest BCUT2D eigenvalue weighted by atomic mass is 79.9. The topological polar surface area (TPSA) is 50.3 Å². The van der Waals surface area contributed by atoms with Crippen molar-refractivity contribution in [1.29, 1.82) is 0 Å². The van der Waals surface area contributed by atoms with E-state index in [1.807, 2.05) is 29.6 Å². The van der Waals surface area contributed by atoms with E-state index in [2.05, 4.69) is 20.9 Å². The average Bonchev–Trinajstić information content (AvgIpc) is 2.83. The Morgan fingerprint density at radius 1 is 1.40 bits per heavy atom.